The first-order chi connectivity index (χ1) is 22.1. The van der Waals surface area contributed by atoms with Gasteiger partial charge in [0.25, 0.3) is 0 Å². The third-order valence-corrected chi connectivity index (χ3v) is 11.4. The Morgan fingerprint density at radius 1 is 1.19 bits per heavy atom. The molecule has 1 aliphatic rings. The molecule has 17 heteroatoms. The fourth-order valence-electron chi connectivity index (χ4n) is 5.31. The maximum absolute atomic E-state index is 15.7. The molecule has 0 saturated carbocycles. The van der Waals surface area contributed by atoms with Gasteiger partial charge in [-0.05, 0) is 71.2 Å². The van der Waals surface area contributed by atoms with Crippen molar-refractivity contribution in [2.24, 2.45) is 0 Å². The Balaban J connectivity index is 1.50. The SMILES string of the molecule is COc1c(Nc2cc(C)[nH]n2)nc(Sc2ccc(S(=O)(=O)C(C)(C)c3cccc([N+](=O)[O-])c3F)cc2F)nc1N1CC[C@@H](N(C)C)C1. The molecular formula is C30H34F2N8O5S2. The molecule has 2 N–H and O–H groups in total. The predicted octanol–water partition coefficient (Wildman–Crippen LogP) is 5.45. The standard InChI is InChI=1S/C30H34F2N8O5S2/c1-17-14-24(37-36-17)33-27-26(45-6)28(39-13-12-18(16-39)38(4)5)35-29(34-27)46-23-11-10-19(15-21(23)31)47(43,44)30(2,3)20-8-7-9-22(25(20)32)40(41)42/h7-11,14-15,18H,12-13,16H2,1-6H3,(H2,33,34,35,36,37)/t18-/m1/s1. The highest BCUT2D eigenvalue weighted by atomic mass is 32.2. The van der Waals surface area contributed by atoms with E-state index in [0.29, 0.717) is 36.3 Å². The Kier molecular flexibility index (Phi) is 9.43. The van der Waals surface area contributed by atoms with Crippen LogP contribution in [0, 0.1) is 28.7 Å². The molecule has 3 heterocycles. The van der Waals surface area contributed by atoms with Crippen molar-refractivity contribution in [1.82, 2.24) is 25.1 Å². The normalized spacial score (nSPS) is 15.3. The van der Waals surface area contributed by atoms with Gasteiger partial charge in [-0.1, -0.05) is 12.1 Å². The summed E-state index contributed by atoms with van der Waals surface area (Å²) < 4.78 is 61.9. The number of nitro groups is 1. The number of methoxy groups -OCH3 is 1. The smallest absolute Gasteiger partial charge is 0.305 e. The van der Waals surface area contributed by atoms with Crippen LogP contribution in [-0.2, 0) is 14.6 Å². The number of nitro benzene ring substituents is 1. The maximum atomic E-state index is 15.7. The Bertz CT molecular complexity index is 1940. The largest absolute Gasteiger partial charge is 0.490 e. The molecule has 2 aromatic carbocycles. The Labute approximate surface area is 274 Å². The number of nitrogens with one attached hydrogen (secondary N) is 2. The van der Waals surface area contributed by atoms with Gasteiger partial charge in [-0.2, -0.15) is 9.49 Å². The van der Waals surface area contributed by atoms with Gasteiger partial charge in [0.05, 0.1) is 26.6 Å². The molecule has 2 aromatic heterocycles. The molecule has 0 radical (unpaired) electrons. The van der Waals surface area contributed by atoms with Crippen molar-refractivity contribution in [3.8, 4) is 5.75 Å². The number of likely N-dealkylation sites (N-methyl/N-ethyl adjacent to an activating group) is 1. The van der Waals surface area contributed by atoms with Crippen molar-refractivity contribution in [3.05, 3.63) is 75.5 Å². The van der Waals surface area contributed by atoms with Crippen LogP contribution < -0.4 is 15.0 Å². The van der Waals surface area contributed by atoms with E-state index in [2.05, 4.69) is 30.3 Å². The highest BCUT2D eigenvalue weighted by molar-refractivity contribution is 7.99. The van der Waals surface area contributed by atoms with Crippen LogP contribution in [0.15, 0.2) is 57.4 Å². The Hall–Kier alpha value is -4.35. The second-order valence-corrected chi connectivity index (χ2v) is 15.2. The van der Waals surface area contributed by atoms with Gasteiger partial charge >= 0.3 is 5.69 Å². The van der Waals surface area contributed by atoms with Gasteiger partial charge in [0.15, 0.2) is 32.4 Å². The number of H-pyrrole nitrogens is 1. The van der Waals surface area contributed by atoms with Gasteiger partial charge < -0.3 is 19.9 Å². The average molecular weight is 689 g/mol. The van der Waals surface area contributed by atoms with Gasteiger partial charge in [-0.3, -0.25) is 15.2 Å². The number of halogens is 2. The summed E-state index contributed by atoms with van der Waals surface area (Å²) in [6.45, 7) is 5.65. The second kappa shape index (κ2) is 13.0. The van der Waals surface area contributed by atoms with Crippen molar-refractivity contribution in [1.29, 1.82) is 0 Å². The van der Waals surface area contributed by atoms with Gasteiger partial charge in [-0.15, -0.1) is 0 Å². The van der Waals surface area contributed by atoms with E-state index in [1.807, 2.05) is 21.0 Å². The number of aryl methyl sites for hydroxylation is 1. The fourth-order valence-corrected chi connectivity index (χ4v) is 7.61. The summed E-state index contributed by atoms with van der Waals surface area (Å²) in [6.07, 6.45) is 0.894. The van der Waals surface area contributed by atoms with Crippen molar-refractivity contribution >= 4 is 44.7 Å². The predicted molar refractivity (Wildman–Crippen MR) is 173 cm³/mol. The van der Waals surface area contributed by atoms with Crippen LogP contribution in [0.25, 0.3) is 0 Å². The number of sulfone groups is 1. The zero-order chi connectivity index (χ0) is 34.3. The van der Waals surface area contributed by atoms with Crippen LogP contribution in [0.5, 0.6) is 5.75 Å². The highest BCUT2D eigenvalue weighted by Crippen LogP contribution is 2.42. The van der Waals surface area contributed by atoms with Crippen LogP contribution in [-0.4, -0.2) is 78.7 Å². The third-order valence-electron chi connectivity index (χ3n) is 8.09. The number of anilines is 3. The molecule has 5 rings (SSSR count). The topological polar surface area (TPSA) is 159 Å². The zero-order valence-corrected chi connectivity index (χ0v) is 28.2. The summed E-state index contributed by atoms with van der Waals surface area (Å²) in [5, 5.41) is 21.7. The molecule has 13 nitrogen and oxygen atoms in total. The lowest BCUT2D eigenvalue weighted by atomic mass is 10.0. The number of ether oxygens (including phenoxy) is 1. The number of aromatic amines is 1. The van der Waals surface area contributed by atoms with Crippen LogP contribution in [0.2, 0.25) is 0 Å². The number of hydrogen-bond acceptors (Lipinski definition) is 12. The molecule has 1 saturated heterocycles. The molecule has 47 heavy (non-hydrogen) atoms. The minimum atomic E-state index is -4.44. The first kappa shape index (κ1) is 34.0. The summed E-state index contributed by atoms with van der Waals surface area (Å²) >= 11 is 0.886. The lowest BCUT2D eigenvalue weighted by Gasteiger charge is -2.26. The van der Waals surface area contributed by atoms with Crippen LogP contribution in [0.3, 0.4) is 0 Å². The summed E-state index contributed by atoms with van der Waals surface area (Å²) in [5.74, 6) is -0.469. The van der Waals surface area contributed by atoms with Gasteiger partial charge in [0, 0.05) is 42.5 Å². The lowest BCUT2D eigenvalue weighted by molar-refractivity contribution is -0.387. The molecule has 1 fully saturated rings. The molecule has 0 amide bonds. The van der Waals surface area contributed by atoms with Gasteiger partial charge in [-0.25, -0.2) is 22.8 Å². The Morgan fingerprint density at radius 2 is 1.94 bits per heavy atom. The molecule has 0 unspecified atom stereocenters. The number of rotatable bonds is 11. The van der Waals surface area contributed by atoms with Crippen molar-refractivity contribution < 1.29 is 26.9 Å². The molecule has 1 atom stereocenters. The molecule has 0 aliphatic carbocycles. The minimum Gasteiger partial charge on any atom is -0.490 e. The first-order valence-corrected chi connectivity index (χ1v) is 16.8. The van der Waals surface area contributed by atoms with E-state index in [1.54, 1.807) is 6.07 Å². The van der Waals surface area contributed by atoms with E-state index >= 15 is 8.78 Å². The number of aromatic nitrogens is 4. The zero-order valence-electron chi connectivity index (χ0n) is 26.5. The third kappa shape index (κ3) is 6.59. The van der Waals surface area contributed by atoms with Crippen LogP contribution in [0.1, 0.15) is 31.5 Å². The monoisotopic (exact) mass is 688 g/mol. The first-order valence-electron chi connectivity index (χ1n) is 14.5. The summed E-state index contributed by atoms with van der Waals surface area (Å²) in [6, 6.07) is 8.70. The van der Waals surface area contributed by atoms with E-state index in [9.17, 15) is 18.5 Å². The summed E-state index contributed by atoms with van der Waals surface area (Å²) in [5.41, 5.74) is -0.447. The molecule has 0 bridgehead atoms. The quantitative estimate of drug-likeness (QED) is 0.117. The summed E-state index contributed by atoms with van der Waals surface area (Å²) in [7, 11) is 1.09. The highest BCUT2D eigenvalue weighted by Gasteiger charge is 2.41. The number of nitrogens with zero attached hydrogens (tertiary/aromatic N) is 6. The summed E-state index contributed by atoms with van der Waals surface area (Å²) in [4.78, 5) is 23.5. The van der Waals surface area contributed by atoms with E-state index in [0.717, 1.165) is 42.1 Å². The van der Waals surface area contributed by atoms with Crippen molar-refractivity contribution in [3.63, 3.8) is 0 Å². The van der Waals surface area contributed by atoms with Crippen molar-refractivity contribution in [2.45, 2.75) is 52.9 Å². The second-order valence-electron chi connectivity index (χ2n) is 11.7. The molecular weight excluding hydrogens is 655 g/mol. The number of hydrogen-bond donors (Lipinski definition) is 2. The molecule has 0 spiro atoms. The molecule has 250 valence electrons. The fraction of sp³-hybridized carbons (Fsp3) is 0.367. The van der Waals surface area contributed by atoms with Crippen LogP contribution >= 0.6 is 11.8 Å². The van der Waals surface area contributed by atoms with Crippen LogP contribution in [0.4, 0.5) is 31.9 Å². The van der Waals surface area contributed by atoms with Crippen molar-refractivity contribution in [2.75, 3.05) is 44.5 Å². The van der Waals surface area contributed by atoms with E-state index < -0.39 is 47.3 Å². The lowest BCUT2D eigenvalue weighted by Crippen LogP contribution is -2.32. The van der Waals surface area contributed by atoms with E-state index in [-0.39, 0.29) is 16.1 Å². The average Bonchev–Trinajstić information content (AvgIpc) is 3.67. The maximum Gasteiger partial charge on any atom is 0.305 e. The van der Waals surface area contributed by atoms with E-state index in [4.69, 9.17) is 9.72 Å². The van der Waals surface area contributed by atoms with E-state index in [1.165, 1.54) is 39.2 Å². The molecule has 1 aliphatic heterocycles. The molecule has 4 aromatic rings. The van der Waals surface area contributed by atoms with Gasteiger partial charge in [0.2, 0.25) is 11.6 Å². The van der Waals surface area contributed by atoms with Gasteiger partial charge in [0.1, 0.15) is 5.82 Å². The number of benzene rings is 2. The minimum absolute atomic E-state index is 0.0357. The Morgan fingerprint density at radius 3 is 2.53 bits per heavy atom.